The fourth-order valence-corrected chi connectivity index (χ4v) is 3.53. The fraction of sp³-hybridized carbons (Fsp3) is 0.120. The Morgan fingerprint density at radius 1 is 0.800 bits per heavy atom. The molecule has 1 aromatic heterocycles. The first-order valence-electron chi connectivity index (χ1n) is 10.2. The number of anilines is 2. The standard InChI is InChI=1S/C25H18F3N3O4/c1-34-23(32)15-9-7-14(8-10-15)21-19-5-3-4-6-20(19)22(31-30-21)29-18-12-16(24(33)35-2)11-17(13-18)25(26,27)28/h3-13H,1-2H3,(H,29,31). The first-order valence-corrected chi connectivity index (χ1v) is 10.2. The number of esters is 2. The lowest BCUT2D eigenvalue weighted by Gasteiger charge is -2.14. The van der Waals surface area contributed by atoms with Crippen molar-refractivity contribution >= 4 is 34.2 Å². The van der Waals surface area contributed by atoms with Crippen molar-refractivity contribution in [1.29, 1.82) is 0 Å². The largest absolute Gasteiger partial charge is 0.465 e. The number of benzene rings is 3. The number of alkyl halides is 3. The Hall–Kier alpha value is -4.47. The van der Waals surface area contributed by atoms with Crippen LogP contribution in [0.4, 0.5) is 24.7 Å². The predicted molar refractivity (Wildman–Crippen MR) is 122 cm³/mol. The molecule has 0 aliphatic carbocycles. The van der Waals surface area contributed by atoms with Crippen LogP contribution in [0.3, 0.4) is 0 Å². The molecule has 0 aliphatic rings. The quantitative estimate of drug-likeness (QED) is 0.369. The summed E-state index contributed by atoms with van der Waals surface area (Å²) in [5.74, 6) is -1.18. The number of carbonyl (C=O) groups is 2. The van der Waals surface area contributed by atoms with Crippen molar-refractivity contribution in [1.82, 2.24) is 10.2 Å². The molecule has 3 aromatic carbocycles. The number of methoxy groups -OCH3 is 2. The van der Waals surface area contributed by atoms with Crippen LogP contribution in [0.25, 0.3) is 22.0 Å². The molecule has 1 heterocycles. The van der Waals surface area contributed by atoms with Crippen LogP contribution < -0.4 is 5.32 Å². The number of nitrogens with zero attached hydrogens (tertiary/aromatic N) is 2. The van der Waals surface area contributed by atoms with Crippen LogP contribution in [0.1, 0.15) is 26.3 Å². The van der Waals surface area contributed by atoms with E-state index in [4.69, 9.17) is 4.74 Å². The third-order valence-electron chi connectivity index (χ3n) is 5.21. The molecule has 0 saturated carbocycles. The molecule has 178 valence electrons. The van der Waals surface area contributed by atoms with Gasteiger partial charge in [-0.05, 0) is 30.3 Å². The summed E-state index contributed by atoms with van der Waals surface area (Å²) in [5.41, 5.74) is 0.293. The van der Waals surface area contributed by atoms with E-state index in [0.29, 0.717) is 27.6 Å². The highest BCUT2D eigenvalue weighted by atomic mass is 19.4. The van der Waals surface area contributed by atoms with E-state index in [-0.39, 0.29) is 17.1 Å². The zero-order chi connectivity index (χ0) is 25.2. The molecule has 1 N–H and O–H groups in total. The van der Waals surface area contributed by atoms with Crippen LogP contribution in [0, 0.1) is 0 Å². The summed E-state index contributed by atoms with van der Waals surface area (Å²) in [7, 11) is 2.38. The minimum Gasteiger partial charge on any atom is -0.465 e. The van der Waals surface area contributed by atoms with Crippen LogP contribution in [-0.4, -0.2) is 36.4 Å². The number of nitrogens with one attached hydrogen (secondary N) is 1. The average Bonchev–Trinajstić information content (AvgIpc) is 2.87. The van der Waals surface area contributed by atoms with Gasteiger partial charge in [0, 0.05) is 22.0 Å². The lowest BCUT2D eigenvalue weighted by atomic mass is 10.0. The maximum Gasteiger partial charge on any atom is 0.416 e. The Bertz CT molecular complexity index is 1420. The minimum atomic E-state index is -4.67. The second-order valence-electron chi connectivity index (χ2n) is 7.43. The third kappa shape index (κ3) is 4.91. The molecule has 0 atom stereocenters. The Morgan fingerprint density at radius 3 is 2.06 bits per heavy atom. The molecule has 0 fully saturated rings. The van der Waals surface area contributed by atoms with E-state index in [1.54, 1.807) is 48.5 Å². The highest BCUT2D eigenvalue weighted by Gasteiger charge is 2.32. The highest BCUT2D eigenvalue weighted by molar-refractivity contribution is 6.01. The van der Waals surface area contributed by atoms with Gasteiger partial charge in [0.25, 0.3) is 0 Å². The summed E-state index contributed by atoms with van der Waals surface area (Å²) < 4.78 is 49.5. The monoisotopic (exact) mass is 481 g/mol. The molecule has 4 rings (SSSR count). The van der Waals surface area contributed by atoms with E-state index >= 15 is 0 Å². The van der Waals surface area contributed by atoms with Gasteiger partial charge in [0.15, 0.2) is 5.82 Å². The smallest absolute Gasteiger partial charge is 0.416 e. The summed E-state index contributed by atoms with van der Waals surface area (Å²) in [6, 6.07) is 16.5. The minimum absolute atomic E-state index is 0.00476. The number of aromatic nitrogens is 2. The molecular formula is C25H18F3N3O4. The molecule has 4 aromatic rings. The predicted octanol–water partition coefficient (Wildman–Crippen LogP) is 5.63. The van der Waals surface area contributed by atoms with Crippen molar-refractivity contribution in [2.75, 3.05) is 19.5 Å². The van der Waals surface area contributed by atoms with E-state index in [1.807, 2.05) is 0 Å². The molecule has 0 aliphatic heterocycles. The number of hydrogen-bond donors (Lipinski definition) is 1. The van der Waals surface area contributed by atoms with Gasteiger partial charge in [0.05, 0.1) is 30.9 Å². The summed E-state index contributed by atoms with van der Waals surface area (Å²) >= 11 is 0. The number of hydrogen-bond acceptors (Lipinski definition) is 7. The number of fused-ring (bicyclic) bond motifs is 1. The van der Waals surface area contributed by atoms with Gasteiger partial charge in [0.2, 0.25) is 0 Å². The molecule has 0 radical (unpaired) electrons. The zero-order valence-corrected chi connectivity index (χ0v) is 18.5. The van der Waals surface area contributed by atoms with Crippen molar-refractivity contribution in [2.45, 2.75) is 6.18 Å². The second-order valence-corrected chi connectivity index (χ2v) is 7.43. The molecule has 35 heavy (non-hydrogen) atoms. The van der Waals surface area contributed by atoms with E-state index in [0.717, 1.165) is 19.2 Å². The van der Waals surface area contributed by atoms with Crippen molar-refractivity contribution in [3.63, 3.8) is 0 Å². The molecular weight excluding hydrogens is 463 g/mol. The number of ether oxygens (including phenoxy) is 2. The second kappa shape index (κ2) is 9.41. The summed E-state index contributed by atoms with van der Waals surface area (Å²) in [6.45, 7) is 0. The Balaban J connectivity index is 1.77. The molecule has 7 nitrogen and oxygen atoms in total. The SMILES string of the molecule is COC(=O)c1ccc(-c2nnc(Nc3cc(C(=O)OC)cc(C(F)(F)F)c3)c3ccccc23)cc1. The first kappa shape index (κ1) is 23.7. The van der Waals surface area contributed by atoms with Crippen molar-refractivity contribution in [2.24, 2.45) is 0 Å². The van der Waals surface area contributed by atoms with Crippen LogP contribution in [-0.2, 0) is 15.7 Å². The van der Waals surface area contributed by atoms with Crippen LogP contribution in [0.15, 0.2) is 66.7 Å². The molecule has 0 saturated heterocycles. The van der Waals surface area contributed by atoms with Gasteiger partial charge >= 0.3 is 18.1 Å². The Morgan fingerprint density at radius 2 is 1.43 bits per heavy atom. The Labute approximate surface area is 197 Å². The van der Waals surface area contributed by atoms with Crippen LogP contribution in [0.2, 0.25) is 0 Å². The van der Waals surface area contributed by atoms with Gasteiger partial charge in [-0.15, -0.1) is 10.2 Å². The van der Waals surface area contributed by atoms with Crippen molar-refractivity contribution in [3.05, 3.63) is 83.4 Å². The molecule has 10 heteroatoms. The maximum atomic E-state index is 13.4. The normalized spacial score (nSPS) is 11.2. The van der Waals surface area contributed by atoms with Crippen LogP contribution >= 0.6 is 0 Å². The van der Waals surface area contributed by atoms with E-state index in [2.05, 4.69) is 20.3 Å². The lowest BCUT2D eigenvalue weighted by molar-refractivity contribution is -0.137. The summed E-state index contributed by atoms with van der Waals surface area (Å²) in [6.07, 6.45) is -4.67. The van der Waals surface area contributed by atoms with E-state index < -0.39 is 23.7 Å². The topological polar surface area (TPSA) is 90.4 Å². The van der Waals surface area contributed by atoms with Crippen molar-refractivity contribution in [3.8, 4) is 11.3 Å². The lowest BCUT2D eigenvalue weighted by Crippen LogP contribution is -2.10. The fourth-order valence-electron chi connectivity index (χ4n) is 3.53. The van der Waals surface area contributed by atoms with Gasteiger partial charge in [-0.2, -0.15) is 13.2 Å². The molecule has 0 amide bonds. The molecule has 0 bridgehead atoms. The number of halogens is 3. The average molecular weight is 481 g/mol. The highest BCUT2D eigenvalue weighted by Crippen LogP contribution is 2.35. The molecule has 0 unspecified atom stereocenters. The number of carbonyl (C=O) groups excluding carboxylic acids is 2. The molecule has 0 spiro atoms. The van der Waals surface area contributed by atoms with E-state index in [9.17, 15) is 22.8 Å². The summed E-state index contributed by atoms with van der Waals surface area (Å²) in [4.78, 5) is 23.6. The van der Waals surface area contributed by atoms with Crippen LogP contribution in [0.5, 0.6) is 0 Å². The van der Waals surface area contributed by atoms with Gasteiger partial charge in [0.1, 0.15) is 5.69 Å². The van der Waals surface area contributed by atoms with Gasteiger partial charge < -0.3 is 14.8 Å². The van der Waals surface area contributed by atoms with Gasteiger partial charge in [-0.1, -0.05) is 36.4 Å². The van der Waals surface area contributed by atoms with Gasteiger partial charge in [-0.3, -0.25) is 0 Å². The van der Waals surface area contributed by atoms with Crippen molar-refractivity contribution < 1.29 is 32.2 Å². The summed E-state index contributed by atoms with van der Waals surface area (Å²) in [5, 5.41) is 12.6. The first-order chi connectivity index (χ1) is 16.7. The Kier molecular flexibility index (Phi) is 6.37. The third-order valence-corrected chi connectivity index (χ3v) is 5.21. The van der Waals surface area contributed by atoms with E-state index in [1.165, 1.54) is 13.2 Å². The number of rotatable bonds is 5. The zero-order valence-electron chi connectivity index (χ0n) is 18.5. The maximum absolute atomic E-state index is 13.4. The van der Waals surface area contributed by atoms with Gasteiger partial charge in [-0.25, -0.2) is 9.59 Å².